The average Bonchev–Trinajstić information content (AvgIpc) is 2.46. The third-order valence-corrected chi connectivity index (χ3v) is 1.78. The molecule has 1 fully saturated rings. The van der Waals surface area contributed by atoms with E-state index in [0.29, 0.717) is 12.3 Å². The van der Waals surface area contributed by atoms with Crippen molar-refractivity contribution >= 4 is 5.97 Å². The van der Waals surface area contributed by atoms with Gasteiger partial charge >= 0.3 is 5.97 Å². The molecule has 3 nitrogen and oxygen atoms in total. The molecule has 1 aliphatic carbocycles. The van der Waals surface area contributed by atoms with Crippen molar-refractivity contribution in [2.24, 2.45) is 11.7 Å². The molecule has 0 heterocycles. The number of hydrogen-bond acceptors (Lipinski definition) is 2. The van der Waals surface area contributed by atoms with Gasteiger partial charge < -0.3 is 10.8 Å². The number of carboxylic acid groups (broad SMARTS) is 1. The van der Waals surface area contributed by atoms with Crippen LogP contribution in [0.4, 0.5) is 0 Å². The molecule has 1 rings (SSSR count). The van der Waals surface area contributed by atoms with Crippen molar-refractivity contribution < 1.29 is 9.90 Å². The van der Waals surface area contributed by atoms with Crippen LogP contribution in [-0.4, -0.2) is 17.1 Å². The smallest absolute Gasteiger partial charge is 0.320 e. The molecular weight excluding hydrogens is 130 g/mol. The zero-order valence-corrected chi connectivity index (χ0v) is 5.71. The fourth-order valence-corrected chi connectivity index (χ4v) is 0.915. The van der Waals surface area contributed by atoms with Crippen LogP contribution in [-0.2, 0) is 4.79 Å². The van der Waals surface area contributed by atoms with Gasteiger partial charge in [0.15, 0.2) is 0 Å². The minimum atomic E-state index is -0.917. The molecule has 2 atom stereocenters. The molecule has 3 N–H and O–H groups in total. The molecule has 0 bridgehead atoms. The van der Waals surface area contributed by atoms with Gasteiger partial charge in [-0.05, 0) is 18.8 Å². The monoisotopic (exact) mass is 141 g/mol. The summed E-state index contributed by atoms with van der Waals surface area (Å²) < 4.78 is 0. The minimum absolute atomic E-state index is 0.381. The Morgan fingerprint density at radius 2 is 2.50 bits per heavy atom. The molecular formula is C7H11NO2. The Balaban J connectivity index is 2.25. The maximum atomic E-state index is 10.2. The SMILES string of the molecule is C=C1C[C@@H]1C[C@@H](N)C(=O)O. The second-order valence-electron chi connectivity index (χ2n) is 2.74. The van der Waals surface area contributed by atoms with Crippen molar-refractivity contribution in [3.05, 3.63) is 12.2 Å². The standard InChI is InChI=1S/C7H11NO2/c1-4-2-5(4)3-6(8)7(9)10/h5-6H,1-3,8H2,(H,9,10)/t5-,6-/m1/s1. The maximum Gasteiger partial charge on any atom is 0.320 e. The van der Waals surface area contributed by atoms with E-state index in [2.05, 4.69) is 6.58 Å². The van der Waals surface area contributed by atoms with Gasteiger partial charge in [0.05, 0.1) is 0 Å². The molecule has 0 aromatic carbocycles. The Hall–Kier alpha value is -0.830. The van der Waals surface area contributed by atoms with E-state index in [4.69, 9.17) is 10.8 Å². The van der Waals surface area contributed by atoms with Crippen LogP contribution in [0.3, 0.4) is 0 Å². The van der Waals surface area contributed by atoms with Gasteiger partial charge in [0.1, 0.15) is 6.04 Å². The largest absolute Gasteiger partial charge is 0.480 e. The van der Waals surface area contributed by atoms with Crippen LogP contribution in [0.15, 0.2) is 12.2 Å². The van der Waals surface area contributed by atoms with Crippen LogP contribution in [0, 0.1) is 5.92 Å². The summed E-state index contributed by atoms with van der Waals surface area (Å²) in [5.74, 6) is -0.536. The van der Waals surface area contributed by atoms with Crippen LogP contribution in [0.25, 0.3) is 0 Å². The average molecular weight is 141 g/mol. The fraction of sp³-hybridized carbons (Fsp3) is 0.571. The lowest BCUT2D eigenvalue weighted by atomic mass is 10.1. The zero-order chi connectivity index (χ0) is 7.72. The highest BCUT2D eigenvalue weighted by molar-refractivity contribution is 5.73. The van der Waals surface area contributed by atoms with E-state index in [0.717, 1.165) is 12.0 Å². The predicted octanol–water partition coefficient (Wildman–Crippen LogP) is 0.365. The molecule has 10 heavy (non-hydrogen) atoms. The first-order valence-electron chi connectivity index (χ1n) is 3.27. The number of carboxylic acids is 1. The van der Waals surface area contributed by atoms with E-state index in [9.17, 15) is 4.79 Å². The van der Waals surface area contributed by atoms with Crippen LogP contribution < -0.4 is 5.73 Å². The second kappa shape index (κ2) is 2.42. The number of rotatable bonds is 3. The summed E-state index contributed by atoms with van der Waals surface area (Å²) in [6.07, 6.45) is 1.51. The van der Waals surface area contributed by atoms with E-state index in [-0.39, 0.29) is 0 Å². The Bertz CT molecular complexity index is 176. The Labute approximate surface area is 59.5 Å². The fourth-order valence-electron chi connectivity index (χ4n) is 0.915. The number of carbonyl (C=O) groups is 1. The summed E-state index contributed by atoms with van der Waals surface area (Å²) in [6, 6.07) is -0.704. The number of nitrogens with two attached hydrogens (primary N) is 1. The molecule has 1 saturated carbocycles. The van der Waals surface area contributed by atoms with E-state index < -0.39 is 12.0 Å². The number of allylic oxidation sites excluding steroid dienone is 1. The molecule has 56 valence electrons. The summed E-state index contributed by atoms with van der Waals surface area (Å²) in [7, 11) is 0. The predicted molar refractivity (Wildman–Crippen MR) is 37.5 cm³/mol. The Morgan fingerprint density at radius 3 is 2.80 bits per heavy atom. The van der Waals surface area contributed by atoms with Gasteiger partial charge in [0.25, 0.3) is 0 Å². The first kappa shape index (κ1) is 7.28. The van der Waals surface area contributed by atoms with Crippen LogP contribution >= 0.6 is 0 Å². The van der Waals surface area contributed by atoms with Gasteiger partial charge in [-0.2, -0.15) is 0 Å². The van der Waals surface area contributed by atoms with Crippen LogP contribution in [0.1, 0.15) is 12.8 Å². The van der Waals surface area contributed by atoms with Crippen molar-refractivity contribution in [2.45, 2.75) is 18.9 Å². The van der Waals surface area contributed by atoms with Gasteiger partial charge in [-0.15, -0.1) is 0 Å². The quantitative estimate of drug-likeness (QED) is 0.558. The highest BCUT2D eigenvalue weighted by Crippen LogP contribution is 2.39. The molecule has 0 aliphatic heterocycles. The molecule has 0 amide bonds. The van der Waals surface area contributed by atoms with Crippen LogP contribution in [0.5, 0.6) is 0 Å². The van der Waals surface area contributed by atoms with Gasteiger partial charge in [0, 0.05) is 0 Å². The van der Waals surface area contributed by atoms with Crippen molar-refractivity contribution in [1.82, 2.24) is 0 Å². The van der Waals surface area contributed by atoms with E-state index in [1.807, 2.05) is 0 Å². The van der Waals surface area contributed by atoms with Crippen molar-refractivity contribution in [2.75, 3.05) is 0 Å². The first-order chi connectivity index (χ1) is 4.61. The molecule has 0 spiro atoms. The Kier molecular flexibility index (Phi) is 1.76. The van der Waals surface area contributed by atoms with Crippen molar-refractivity contribution in [3.8, 4) is 0 Å². The third-order valence-electron chi connectivity index (χ3n) is 1.78. The third kappa shape index (κ3) is 1.57. The van der Waals surface area contributed by atoms with Gasteiger partial charge in [-0.25, -0.2) is 0 Å². The summed E-state index contributed by atoms with van der Waals surface area (Å²) in [5.41, 5.74) is 6.41. The van der Waals surface area contributed by atoms with E-state index >= 15 is 0 Å². The molecule has 1 aliphatic rings. The summed E-state index contributed by atoms with van der Waals surface area (Å²) in [5, 5.41) is 8.39. The lowest BCUT2D eigenvalue weighted by molar-refractivity contribution is -0.138. The molecule has 3 heteroatoms. The summed E-state index contributed by atoms with van der Waals surface area (Å²) in [4.78, 5) is 10.2. The lowest BCUT2D eigenvalue weighted by Gasteiger charge is -2.02. The number of aliphatic carboxylic acids is 1. The van der Waals surface area contributed by atoms with Gasteiger partial charge in [0.2, 0.25) is 0 Å². The van der Waals surface area contributed by atoms with Crippen LogP contribution in [0.2, 0.25) is 0 Å². The molecule has 0 unspecified atom stereocenters. The maximum absolute atomic E-state index is 10.2. The highest BCUT2D eigenvalue weighted by atomic mass is 16.4. The first-order valence-corrected chi connectivity index (χ1v) is 3.27. The van der Waals surface area contributed by atoms with Crippen molar-refractivity contribution in [3.63, 3.8) is 0 Å². The molecule has 0 aromatic rings. The van der Waals surface area contributed by atoms with E-state index in [1.165, 1.54) is 0 Å². The molecule has 0 saturated heterocycles. The zero-order valence-electron chi connectivity index (χ0n) is 5.71. The van der Waals surface area contributed by atoms with Gasteiger partial charge in [-0.3, -0.25) is 4.79 Å². The normalized spacial score (nSPS) is 26.1. The Morgan fingerprint density at radius 1 is 2.00 bits per heavy atom. The lowest BCUT2D eigenvalue weighted by Crippen LogP contribution is -2.30. The van der Waals surface area contributed by atoms with E-state index in [1.54, 1.807) is 0 Å². The molecule has 0 aromatic heterocycles. The summed E-state index contributed by atoms with van der Waals surface area (Å²) in [6.45, 7) is 3.71. The topological polar surface area (TPSA) is 63.3 Å². The van der Waals surface area contributed by atoms with Gasteiger partial charge in [-0.1, -0.05) is 12.2 Å². The highest BCUT2D eigenvalue weighted by Gasteiger charge is 2.30. The minimum Gasteiger partial charge on any atom is -0.480 e. The second-order valence-corrected chi connectivity index (χ2v) is 2.74. The van der Waals surface area contributed by atoms with Crippen molar-refractivity contribution in [1.29, 1.82) is 0 Å². The number of hydrogen-bond donors (Lipinski definition) is 2. The molecule has 0 radical (unpaired) electrons. The summed E-state index contributed by atoms with van der Waals surface area (Å²) >= 11 is 0.